The molecule has 28 heavy (non-hydrogen) atoms. The highest BCUT2D eigenvalue weighted by Gasteiger charge is 2.28. The Bertz CT molecular complexity index is 1060. The maximum absolute atomic E-state index is 12.6. The van der Waals surface area contributed by atoms with Crippen molar-refractivity contribution in [1.29, 1.82) is 0 Å². The van der Waals surface area contributed by atoms with Gasteiger partial charge in [0.2, 0.25) is 6.79 Å². The number of para-hydroxylation sites is 1. The number of carbonyl (C=O) groups excluding carboxylic acids is 1. The first-order chi connectivity index (χ1) is 13.7. The first kappa shape index (κ1) is 16.7. The predicted molar refractivity (Wildman–Crippen MR) is 102 cm³/mol. The van der Waals surface area contributed by atoms with Crippen molar-refractivity contribution < 1.29 is 19.0 Å². The Hall–Kier alpha value is -3.48. The monoisotopic (exact) mass is 377 g/mol. The summed E-state index contributed by atoms with van der Waals surface area (Å²) in [7, 11) is 1.66. The van der Waals surface area contributed by atoms with E-state index >= 15 is 0 Å². The van der Waals surface area contributed by atoms with Crippen molar-refractivity contribution in [3.8, 4) is 28.6 Å². The largest absolute Gasteiger partial charge is 0.496 e. The van der Waals surface area contributed by atoms with Gasteiger partial charge in [-0.25, -0.2) is 4.98 Å². The van der Waals surface area contributed by atoms with Gasteiger partial charge in [-0.2, -0.15) is 0 Å². The number of H-pyrrole nitrogens is 1. The molecule has 1 amide bonds. The topological polar surface area (TPSA) is 85.5 Å². The summed E-state index contributed by atoms with van der Waals surface area (Å²) >= 11 is 0. The summed E-state index contributed by atoms with van der Waals surface area (Å²) in [5.74, 6) is 2.77. The van der Waals surface area contributed by atoms with Crippen LogP contribution in [0.25, 0.3) is 11.4 Å². The Balaban J connectivity index is 1.51. The van der Waals surface area contributed by atoms with Crippen molar-refractivity contribution in [2.24, 2.45) is 0 Å². The summed E-state index contributed by atoms with van der Waals surface area (Å²) < 4.78 is 16.3. The number of benzene rings is 2. The Morgan fingerprint density at radius 3 is 2.89 bits per heavy atom. The summed E-state index contributed by atoms with van der Waals surface area (Å²) in [5.41, 5.74) is 3.17. The number of hydrogen-bond acceptors (Lipinski definition) is 5. The third-order valence-corrected chi connectivity index (χ3v) is 5.18. The second-order valence-corrected chi connectivity index (χ2v) is 6.83. The van der Waals surface area contributed by atoms with E-state index in [1.807, 2.05) is 42.5 Å². The molecule has 2 aliphatic rings. The summed E-state index contributed by atoms with van der Waals surface area (Å²) in [6.07, 6.45) is 0.659. The molecule has 142 valence electrons. The van der Waals surface area contributed by atoms with Crippen LogP contribution in [0, 0.1) is 0 Å². The Kier molecular flexibility index (Phi) is 3.93. The van der Waals surface area contributed by atoms with Crippen LogP contribution < -0.4 is 19.5 Å². The molecule has 2 aliphatic heterocycles. The highest BCUT2D eigenvalue weighted by Crippen LogP contribution is 2.36. The van der Waals surface area contributed by atoms with Gasteiger partial charge in [0.1, 0.15) is 17.3 Å². The lowest BCUT2D eigenvalue weighted by Crippen LogP contribution is -2.26. The van der Waals surface area contributed by atoms with E-state index < -0.39 is 0 Å². The lowest BCUT2D eigenvalue weighted by molar-refractivity contribution is 0.0950. The Morgan fingerprint density at radius 2 is 2.00 bits per heavy atom. The Morgan fingerprint density at radius 1 is 1.14 bits per heavy atom. The van der Waals surface area contributed by atoms with Gasteiger partial charge in [0, 0.05) is 23.7 Å². The minimum Gasteiger partial charge on any atom is -0.496 e. The normalized spacial score (nSPS) is 17.6. The molecule has 2 aromatic carbocycles. The number of hydrogen-bond donors (Lipinski definition) is 2. The highest BCUT2D eigenvalue weighted by molar-refractivity contribution is 5.94. The first-order valence-electron chi connectivity index (χ1n) is 9.13. The molecule has 1 aromatic heterocycles. The number of methoxy groups -OCH3 is 1. The number of imidazole rings is 1. The molecule has 0 saturated heterocycles. The van der Waals surface area contributed by atoms with E-state index in [0.29, 0.717) is 36.0 Å². The number of aromatic nitrogens is 2. The minimum absolute atomic E-state index is 0.0893. The van der Waals surface area contributed by atoms with Crippen LogP contribution in [-0.2, 0) is 6.42 Å². The van der Waals surface area contributed by atoms with E-state index in [9.17, 15) is 4.79 Å². The second-order valence-electron chi connectivity index (χ2n) is 6.83. The van der Waals surface area contributed by atoms with E-state index in [4.69, 9.17) is 14.2 Å². The van der Waals surface area contributed by atoms with Crippen molar-refractivity contribution in [2.75, 3.05) is 20.4 Å². The zero-order valence-electron chi connectivity index (χ0n) is 15.3. The van der Waals surface area contributed by atoms with E-state index in [1.54, 1.807) is 7.11 Å². The fraction of sp³-hybridized carbons (Fsp3) is 0.238. The van der Waals surface area contributed by atoms with Gasteiger partial charge in [0.25, 0.3) is 5.91 Å². The molecule has 7 heteroatoms. The maximum Gasteiger partial charge on any atom is 0.271 e. The van der Waals surface area contributed by atoms with Gasteiger partial charge in [0.15, 0.2) is 11.5 Å². The van der Waals surface area contributed by atoms with E-state index in [2.05, 4.69) is 15.3 Å². The molecular weight excluding hydrogens is 358 g/mol. The fourth-order valence-electron chi connectivity index (χ4n) is 3.77. The van der Waals surface area contributed by atoms with Crippen molar-refractivity contribution in [2.45, 2.75) is 12.3 Å². The predicted octanol–water partition coefficient (Wildman–Crippen LogP) is 2.88. The number of ether oxygens (including phenoxy) is 3. The maximum atomic E-state index is 12.6. The number of rotatable bonds is 3. The minimum atomic E-state index is -0.171. The highest BCUT2D eigenvalue weighted by atomic mass is 16.7. The van der Waals surface area contributed by atoms with Crippen LogP contribution in [0.5, 0.6) is 17.2 Å². The van der Waals surface area contributed by atoms with Gasteiger partial charge < -0.3 is 24.5 Å². The van der Waals surface area contributed by atoms with E-state index in [1.165, 1.54) is 0 Å². The van der Waals surface area contributed by atoms with Crippen LogP contribution >= 0.6 is 0 Å². The number of carbonyl (C=O) groups is 1. The zero-order chi connectivity index (χ0) is 19.1. The standard InChI is InChI=1S/C21H19N3O4/c1-26-16-5-3-2-4-14(16)13-8-15-19(21(25)22-10-13)24-20(23-15)12-6-7-17-18(9-12)28-11-27-17/h2-7,9,13H,8,10-11H2,1H3,(H,22,25)(H,23,24)/t13-/m1/s1. The number of nitrogens with zero attached hydrogens (tertiary/aromatic N) is 1. The molecule has 0 radical (unpaired) electrons. The molecule has 0 spiro atoms. The molecule has 0 saturated carbocycles. The molecule has 7 nitrogen and oxygen atoms in total. The summed E-state index contributed by atoms with van der Waals surface area (Å²) in [6.45, 7) is 0.749. The SMILES string of the molecule is COc1ccccc1[C@H]1CNC(=O)c2nc(-c3ccc4c(c3)OCO4)[nH]c2C1. The van der Waals surface area contributed by atoms with Crippen LogP contribution in [0.4, 0.5) is 0 Å². The zero-order valence-corrected chi connectivity index (χ0v) is 15.3. The van der Waals surface area contributed by atoms with E-state index in [-0.39, 0.29) is 18.6 Å². The first-order valence-corrected chi connectivity index (χ1v) is 9.13. The summed E-state index contributed by atoms with van der Waals surface area (Å²) in [6, 6.07) is 13.5. The molecular formula is C21H19N3O4. The summed E-state index contributed by atoms with van der Waals surface area (Å²) in [5, 5.41) is 2.99. The molecule has 0 unspecified atom stereocenters. The van der Waals surface area contributed by atoms with Gasteiger partial charge in [-0.15, -0.1) is 0 Å². The second kappa shape index (κ2) is 6.60. The molecule has 0 fully saturated rings. The van der Waals surface area contributed by atoms with E-state index in [0.717, 1.165) is 22.6 Å². The number of fused-ring (bicyclic) bond motifs is 2. The summed E-state index contributed by atoms with van der Waals surface area (Å²) in [4.78, 5) is 20.5. The molecule has 0 aliphatic carbocycles. The lowest BCUT2D eigenvalue weighted by Gasteiger charge is -2.17. The lowest BCUT2D eigenvalue weighted by atomic mass is 9.93. The van der Waals surface area contributed by atoms with Crippen molar-refractivity contribution in [1.82, 2.24) is 15.3 Å². The molecule has 2 N–H and O–H groups in total. The van der Waals surface area contributed by atoms with Crippen molar-refractivity contribution >= 4 is 5.91 Å². The van der Waals surface area contributed by atoms with Gasteiger partial charge >= 0.3 is 0 Å². The number of nitrogens with one attached hydrogen (secondary N) is 2. The molecule has 3 aromatic rings. The van der Waals surface area contributed by atoms with Crippen molar-refractivity contribution in [3.63, 3.8) is 0 Å². The third-order valence-electron chi connectivity index (χ3n) is 5.18. The average Bonchev–Trinajstić information content (AvgIpc) is 3.34. The molecule has 5 rings (SSSR count). The van der Waals surface area contributed by atoms with Gasteiger partial charge in [-0.05, 0) is 36.2 Å². The molecule has 1 atom stereocenters. The van der Waals surface area contributed by atoms with Crippen LogP contribution in [0.1, 0.15) is 27.7 Å². The molecule has 0 bridgehead atoms. The van der Waals surface area contributed by atoms with Gasteiger partial charge in [-0.3, -0.25) is 4.79 Å². The third kappa shape index (κ3) is 2.76. The average molecular weight is 377 g/mol. The van der Waals surface area contributed by atoms with Gasteiger partial charge in [0.05, 0.1) is 7.11 Å². The fourth-order valence-corrected chi connectivity index (χ4v) is 3.77. The quantitative estimate of drug-likeness (QED) is 0.733. The van der Waals surface area contributed by atoms with Crippen LogP contribution in [0.15, 0.2) is 42.5 Å². The van der Waals surface area contributed by atoms with Crippen LogP contribution in [-0.4, -0.2) is 36.3 Å². The number of aromatic amines is 1. The van der Waals surface area contributed by atoms with Crippen molar-refractivity contribution in [3.05, 3.63) is 59.4 Å². The number of amides is 1. The molecule has 3 heterocycles. The Labute approximate surface area is 161 Å². The smallest absolute Gasteiger partial charge is 0.271 e. The van der Waals surface area contributed by atoms with Gasteiger partial charge in [-0.1, -0.05) is 18.2 Å². The van der Waals surface area contributed by atoms with Crippen LogP contribution in [0.2, 0.25) is 0 Å². The van der Waals surface area contributed by atoms with Crippen LogP contribution in [0.3, 0.4) is 0 Å².